The number of fused-ring (bicyclic) bond motifs is 3. The molecule has 4 aliphatic carbocycles. The standard InChI is InChI=1S/C20H19N3O3S.C20H21N3O3S/c21-12-14-15(13-4-2-1-3-5-13)22-18(27-14)23-16(24)19-6-9-20(10-7-19,11-8-19)17(25)26;1-19(8-10-20(2,11-9-19)17(25)26)16(24)23-18-22-15(14(12-21)27-18)13-6-4-3-5-7-13/h1-5H,6-11H2,(H,25,26)(H,22,23,24);3-7H,8-11H2,1-2H3,(H,25,26)(H,22,23,24). The van der Waals surface area contributed by atoms with Gasteiger partial charge in [-0.2, -0.15) is 10.5 Å². The van der Waals surface area contributed by atoms with E-state index < -0.39 is 33.6 Å². The first-order valence-electron chi connectivity index (χ1n) is 17.8. The summed E-state index contributed by atoms with van der Waals surface area (Å²) in [5.74, 6) is -1.81. The molecule has 2 aromatic heterocycles. The number of benzene rings is 2. The van der Waals surface area contributed by atoms with Gasteiger partial charge in [-0.3, -0.25) is 19.2 Å². The van der Waals surface area contributed by atoms with Gasteiger partial charge in [0.05, 0.1) is 10.8 Å². The summed E-state index contributed by atoms with van der Waals surface area (Å²) in [7, 11) is 0. The van der Waals surface area contributed by atoms with Crippen LogP contribution in [0.3, 0.4) is 0 Å². The van der Waals surface area contributed by atoms with Crippen molar-refractivity contribution >= 4 is 56.7 Å². The van der Waals surface area contributed by atoms with Crippen LogP contribution in [0, 0.1) is 44.3 Å². The fourth-order valence-corrected chi connectivity index (χ4v) is 9.16. The van der Waals surface area contributed by atoms with Gasteiger partial charge in [0, 0.05) is 22.0 Å². The van der Waals surface area contributed by atoms with Gasteiger partial charge < -0.3 is 20.8 Å². The number of aliphatic carboxylic acids is 2. The maximum Gasteiger partial charge on any atom is 0.309 e. The summed E-state index contributed by atoms with van der Waals surface area (Å²) in [6, 6.07) is 23.1. The number of nitriles is 2. The Morgan fingerprint density at radius 1 is 0.593 bits per heavy atom. The molecule has 2 bridgehead atoms. The minimum absolute atomic E-state index is 0.0981. The van der Waals surface area contributed by atoms with Crippen LogP contribution >= 0.6 is 22.7 Å². The average Bonchev–Trinajstić information content (AvgIpc) is 3.81. The van der Waals surface area contributed by atoms with Crippen LogP contribution in [0.25, 0.3) is 22.5 Å². The molecule has 4 aromatic rings. The number of carboxylic acid groups (broad SMARTS) is 2. The largest absolute Gasteiger partial charge is 0.481 e. The second-order valence-electron chi connectivity index (χ2n) is 15.0. The molecule has 2 heterocycles. The summed E-state index contributed by atoms with van der Waals surface area (Å²) in [5, 5.41) is 44.2. The predicted molar refractivity (Wildman–Crippen MR) is 204 cm³/mol. The highest BCUT2D eigenvalue weighted by Crippen LogP contribution is 2.57. The lowest BCUT2D eigenvalue weighted by Gasteiger charge is -2.50. The van der Waals surface area contributed by atoms with E-state index in [4.69, 9.17) is 0 Å². The Bertz CT molecular complexity index is 2130. The van der Waals surface area contributed by atoms with Gasteiger partial charge in [0.2, 0.25) is 11.8 Å². The lowest BCUT2D eigenvalue weighted by atomic mass is 9.53. The fourth-order valence-electron chi connectivity index (χ4n) is 7.60. The van der Waals surface area contributed by atoms with E-state index in [1.165, 1.54) is 11.3 Å². The summed E-state index contributed by atoms with van der Waals surface area (Å²) in [6.45, 7) is 3.60. The molecule has 4 fully saturated rings. The zero-order valence-electron chi connectivity index (χ0n) is 30.0. The lowest BCUT2D eigenvalue weighted by molar-refractivity contribution is -0.162. The number of carboxylic acids is 2. The highest BCUT2D eigenvalue weighted by Gasteiger charge is 2.55. The minimum Gasteiger partial charge on any atom is -0.481 e. The van der Waals surface area contributed by atoms with Crippen LogP contribution in [0.15, 0.2) is 60.7 Å². The lowest BCUT2D eigenvalue weighted by Crippen LogP contribution is -2.50. The van der Waals surface area contributed by atoms with Crippen molar-refractivity contribution in [3.8, 4) is 34.7 Å². The molecule has 0 atom stereocenters. The van der Waals surface area contributed by atoms with Crippen molar-refractivity contribution in [2.75, 3.05) is 10.6 Å². The zero-order chi connectivity index (χ0) is 38.7. The van der Waals surface area contributed by atoms with Crippen molar-refractivity contribution < 1.29 is 29.4 Å². The van der Waals surface area contributed by atoms with Gasteiger partial charge in [0.1, 0.15) is 33.3 Å². The second kappa shape index (κ2) is 15.1. The number of hydrogen-bond acceptors (Lipinski definition) is 10. The molecule has 0 unspecified atom stereocenters. The van der Waals surface area contributed by atoms with Gasteiger partial charge in [0.25, 0.3) is 0 Å². The minimum atomic E-state index is -0.809. The van der Waals surface area contributed by atoms with Gasteiger partial charge >= 0.3 is 11.9 Å². The molecule has 2 aromatic carbocycles. The van der Waals surface area contributed by atoms with Gasteiger partial charge in [0.15, 0.2) is 10.3 Å². The normalized spacial score (nSPS) is 25.6. The average molecular weight is 765 g/mol. The summed E-state index contributed by atoms with van der Waals surface area (Å²) in [6.07, 6.45) is 5.34. The van der Waals surface area contributed by atoms with Crippen molar-refractivity contribution in [2.45, 2.75) is 78.1 Å². The summed E-state index contributed by atoms with van der Waals surface area (Å²) >= 11 is 2.33. The van der Waals surface area contributed by atoms with Crippen LogP contribution in [0.2, 0.25) is 0 Å². The molecule has 14 heteroatoms. The number of amides is 2. The molecule has 54 heavy (non-hydrogen) atoms. The van der Waals surface area contributed by atoms with Crippen molar-refractivity contribution in [3.63, 3.8) is 0 Å². The van der Waals surface area contributed by atoms with Crippen molar-refractivity contribution in [3.05, 3.63) is 70.4 Å². The summed E-state index contributed by atoms with van der Waals surface area (Å²) in [5.41, 5.74) is 0.243. The Labute approximate surface area is 320 Å². The Balaban J connectivity index is 0.000000184. The van der Waals surface area contributed by atoms with Crippen LogP contribution in [0.4, 0.5) is 10.3 Å². The van der Waals surface area contributed by atoms with Crippen LogP contribution < -0.4 is 10.6 Å². The van der Waals surface area contributed by atoms with E-state index in [9.17, 15) is 39.9 Å². The van der Waals surface area contributed by atoms with Gasteiger partial charge in [-0.05, 0) is 71.1 Å². The summed E-state index contributed by atoms with van der Waals surface area (Å²) in [4.78, 5) is 58.6. The van der Waals surface area contributed by atoms with Crippen LogP contribution in [0.1, 0.15) is 87.8 Å². The first kappa shape index (κ1) is 38.3. The smallest absolute Gasteiger partial charge is 0.309 e. The molecule has 278 valence electrons. The van der Waals surface area contributed by atoms with E-state index in [1.807, 2.05) is 67.6 Å². The number of rotatable bonds is 8. The van der Waals surface area contributed by atoms with Gasteiger partial charge in [-0.25, -0.2) is 9.97 Å². The third kappa shape index (κ3) is 7.49. The number of anilines is 2. The molecule has 0 spiro atoms. The van der Waals surface area contributed by atoms with Crippen LogP contribution in [0.5, 0.6) is 0 Å². The number of nitrogens with one attached hydrogen (secondary N) is 2. The Morgan fingerprint density at radius 2 is 0.981 bits per heavy atom. The third-order valence-electron chi connectivity index (χ3n) is 11.7. The van der Waals surface area contributed by atoms with Crippen molar-refractivity contribution in [1.29, 1.82) is 10.5 Å². The van der Waals surface area contributed by atoms with Gasteiger partial charge in [-0.15, -0.1) is 0 Å². The topological polar surface area (TPSA) is 206 Å². The van der Waals surface area contributed by atoms with E-state index >= 15 is 0 Å². The summed E-state index contributed by atoms with van der Waals surface area (Å²) < 4.78 is 0. The molecule has 12 nitrogen and oxygen atoms in total. The number of nitrogens with zero attached hydrogens (tertiary/aromatic N) is 4. The Morgan fingerprint density at radius 3 is 1.37 bits per heavy atom. The number of aromatic nitrogens is 2. The molecule has 4 N–H and O–H groups in total. The maximum absolute atomic E-state index is 13.0. The molecule has 0 radical (unpaired) electrons. The van der Waals surface area contributed by atoms with E-state index in [-0.39, 0.29) is 11.8 Å². The molecule has 4 aliphatic rings. The molecule has 0 saturated heterocycles. The molecule has 8 rings (SSSR count). The van der Waals surface area contributed by atoms with E-state index in [0.29, 0.717) is 95.6 Å². The molecule has 4 saturated carbocycles. The van der Waals surface area contributed by atoms with E-state index in [2.05, 4.69) is 32.7 Å². The first-order chi connectivity index (χ1) is 25.8. The Kier molecular flexibility index (Phi) is 10.7. The van der Waals surface area contributed by atoms with Crippen molar-refractivity contribution in [2.24, 2.45) is 21.7 Å². The monoisotopic (exact) mass is 764 g/mol. The van der Waals surface area contributed by atoms with Crippen LogP contribution in [-0.2, 0) is 19.2 Å². The fraction of sp³-hybridized carbons (Fsp3) is 0.400. The van der Waals surface area contributed by atoms with E-state index in [1.54, 1.807) is 6.92 Å². The third-order valence-corrected chi connectivity index (χ3v) is 13.4. The molecule has 2 amide bonds. The predicted octanol–water partition coefficient (Wildman–Crippen LogP) is 8.34. The Hall–Kier alpha value is -5.44. The highest BCUT2D eigenvalue weighted by atomic mass is 32.1. The number of carbonyl (C=O) groups is 4. The number of hydrogen-bond donors (Lipinski definition) is 4. The quantitative estimate of drug-likeness (QED) is 0.135. The number of thiazole rings is 2. The van der Waals surface area contributed by atoms with Crippen LogP contribution in [-0.4, -0.2) is 43.9 Å². The van der Waals surface area contributed by atoms with E-state index in [0.717, 1.165) is 22.5 Å². The molecular formula is C40H40N6O6S2. The maximum atomic E-state index is 13.0. The highest BCUT2D eigenvalue weighted by molar-refractivity contribution is 7.17. The van der Waals surface area contributed by atoms with Crippen molar-refractivity contribution in [1.82, 2.24) is 9.97 Å². The first-order valence-corrected chi connectivity index (χ1v) is 19.4. The second-order valence-corrected chi connectivity index (χ2v) is 17.0. The van der Waals surface area contributed by atoms with Gasteiger partial charge in [-0.1, -0.05) is 90.3 Å². The molecular weight excluding hydrogens is 725 g/mol. The molecule has 0 aliphatic heterocycles. The zero-order valence-corrected chi connectivity index (χ0v) is 31.6. The number of carbonyl (C=O) groups excluding carboxylic acids is 2. The SMILES string of the molecule is CC1(C(=O)O)CCC(C)(C(=O)Nc2nc(-c3ccccc3)c(C#N)s2)CC1.N#Cc1sc(NC(=O)C23CCC(C(=O)O)(CC2)CC3)nc1-c1ccccc1.